The molecule has 2 rings (SSSR count). The van der Waals surface area contributed by atoms with E-state index in [9.17, 15) is 0 Å². The van der Waals surface area contributed by atoms with E-state index >= 15 is 0 Å². The van der Waals surface area contributed by atoms with Crippen LogP contribution in [0.15, 0.2) is 22.7 Å². The van der Waals surface area contributed by atoms with Crippen molar-refractivity contribution in [1.29, 1.82) is 0 Å². The Morgan fingerprint density at radius 3 is 2.79 bits per heavy atom. The molecule has 2 N–H and O–H groups in total. The summed E-state index contributed by atoms with van der Waals surface area (Å²) >= 11 is 8.52. The third-order valence-corrected chi connectivity index (χ3v) is 4.71. The van der Waals surface area contributed by atoms with Crippen LogP contribution in [0.5, 0.6) is 5.75 Å². The summed E-state index contributed by atoms with van der Waals surface area (Å²) in [6, 6.07) is 5.81. The zero-order valence-electron chi connectivity index (χ0n) is 11.2. The minimum absolute atomic E-state index is 0.339. The number of halogens is 1. The average Bonchev–Trinajstić information content (AvgIpc) is 2.41. The van der Waals surface area contributed by atoms with Gasteiger partial charge in [-0.15, -0.1) is 0 Å². The molecule has 0 amide bonds. The van der Waals surface area contributed by atoms with E-state index in [0.717, 1.165) is 22.2 Å². The van der Waals surface area contributed by atoms with Crippen molar-refractivity contribution in [2.75, 3.05) is 0 Å². The molecule has 1 aromatic rings. The SMILES string of the molecule is CCC1CCCCC1Oc1ccc(C(N)=S)cc1Br. The number of benzene rings is 1. The summed E-state index contributed by atoms with van der Waals surface area (Å²) in [6.07, 6.45) is 6.56. The predicted octanol–water partition coefficient (Wildman–Crippen LogP) is 4.43. The maximum Gasteiger partial charge on any atom is 0.133 e. The predicted molar refractivity (Wildman–Crippen MR) is 86.7 cm³/mol. The Balaban J connectivity index is 2.11. The van der Waals surface area contributed by atoms with Crippen LogP contribution in [-0.2, 0) is 0 Å². The molecule has 0 saturated heterocycles. The van der Waals surface area contributed by atoms with E-state index in [1.165, 1.54) is 25.7 Å². The van der Waals surface area contributed by atoms with Crippen LogP contribution in [0.25, 0.3) is 0 Å². The molecule has 4 heteroatoms. The van der Waals surface area contributed by atoms with Gasteiger partial charge in [0.2, 0.25) is 0 Å². The van der Waals surface area contributed by atoms with Crippen molar-refractivity contribution in [3.8, 4) is 5.75 Å². The second kappa shape index (κ2) is 6.71. The van der Waals surface area contributed by atoms with Gasteiger partial charge < -0.3 is 10.5 Å². The summed E-state index contributed by atoms with van der Waals surface area (Å²) in [6.45, 7) is 2.25. The maximum absolute atomic E-state index is 6.19. The van der Waals surface area contributed by atoms with Crippen molar-refractivity contribution in [2.45, 2.75) is 45.1 Å². The van der Waals surface area contributed by atoms with Gasteiger partial charge in [-0.3, -0.25) is 0 Å². The Hall–Kier alpha value is -0.610. The van der Waals surface area contributed by atoms with Gasteiger partial charge in [0.25, 0.3) is 0 Å². The lowest BCUT2D eigenvalue weighted by Gasteiger charge is -2.31. The smallest absolute Gasteiger partial charge is 0.133 e. The molecule has 104 valence electrons. The molecule has 2 unspecified atom stereocenters. The summed E-state index contributed by atoms with van der Waals surface area (Å²) < 4.78 is 7.12. The molecule has 0 aromatic heterocycles. The fourth-order valence-electron chi connectivity index (χ4n) is 2.71. The number of hydrogen-bond acceptors (Lipinski definition) is 2. The summed E-state index contributed by atoms with van der Waals surface area (Å²) in [5, 5.41) is 0. The molecule has 19 heavy (non-hydrogen) atoms. The number of thiocarbonyl (C=S) groups is 1. The lowest BCUT2D eigenvalue weighted by Crippen LogP contribution is -2.30. The van der Waals surface area contributed by atoms with Crippen molar-refractivity contribution in [2.24, 2.45) is 11.7 Å². The van der Waals surface area contributed by atoms with Crippen molar-refractivity contribution < 1.29 is 4.74 Å². The highest BCUT2D eigenvalue weighted by Gasteiger charge is 2.25. The monoisotopic (exact) mass is 341 g/mol. The summed E-state index contributed by atoms with van der Waals surface area (Å²) in [5.41, 5.74) is 6.50. The van der Waals surface area contributed by atoms with Gasteiger partial charge >= 0.3 is 0 Å². The summed E-state index contributed by atoms with van der Waals surface area (Å²) in [7, 11) is 0. The first-order valence-corrected chi connectivity index (χ1v) is 8.08. The van der Waals surface area contributed by atoms with Gasteiger partial charge in [-0.05, 0) is 65.7 Å². The van der Waals surface area contributed by atoms with Gasteiger partial charge in [0, 0.05) is 5.56 Å². The highest BCUT2D eigenvalue weighted by atomic mass is 79.9. The number of nitrogens with two attached hydrogens (primary N) is 1. The Kier molecular flexibility index (Phi) is 5.22. The van der Waals surface area contributed by atoms with Gasteiger partial charge in [-0.2, -0.15) is 0 Å². The molecule has 1 aliphatic rings. The largest absolute Gasteiger partial charge is 0.489 e. The van der Waals surface area contributed by atoms with Crippen LogP contribution in [0, 0.1) is 5.92 Å². The molecule has 1 aliphatic carbocycles. The van der Waals surface area contributed by atoms with Crippen molar-refractivity contribution >= 4 is 33.1 Å². The van der Waals surface area contributed by atoms with Crippen LogP contribution in [-0.4, -0.2) is 11.1 Å². The van der Waals surface area contributed by atoms with Crippen molar-refractivity contribution in [3.05, 3.63) is 28.2 Å². The van der Waals surface area contributed by atoms with E-state index in [2.05, 4.69) is 22.9 Å². The second-order valence-electron chi connectivity index (χ2n) is 5.12. The van der Waals surface area contributed by atoms with Crippen LogP contribution in [0.3, 0.4) is 0 Å². The first kappa shape index (κ1) is 14.8. The fourth-order valence-corrected chi connectivity index (χ4v) is 3.31. The molecule has 1 aromatic carbocycles. The second-order valence-corrected chi connectivity index (χ2v) is 6.41. The number of hydrogen-bond donors (Lipinski definition) is 1. The van der Waals surface area contributed by atoms with Crippen molar-refractivity contribution in [3.63, 3.8) is 0 Å². The topological polar surface area (TPSA) is 35.2 Å². The van der Waals surface area contributed by atoms with Crippen molar-refractivity contribution in [1.82, 2.24) is 0 Å². The van der Waals surface area contributed by atoms with Gasteiger partial charge in [-0.1, -0.05) is 25.6 Å². The fraction of sp³-hybridized carbons (Fsp3) is 0.533. The molecule has 2 atom stereocenters. The van der Waals surface area contributed by atoms with Gasteiger partial charge in [0.05, 0.1) is 4.47 Å². The normalized spacial score (nSPS) is 23.1. The molecule has 0 bridgehead atoms. The molecule has 0 radical (unpaired) electrons. The Morgan fingerprint density at radius 2 is 2.16 bits per heavy atom. The Labute approximate surface area is 128 Å². The standard InChI is InChI=1S/C15H20BrNOS/c1-2-10-5-3-4-6-13(10)18-14-8-7-11(15(17)19)9-12(14)16/h7-10,13H,2-6H2,1H3,(H2,17,19). The quantitative estimate of drug-likeness (QED) is 0.822. The third-order valence-electron chi connectivity index (χ3n) is 3.86. The molecule has 2 nitrogen and oxygen atoms in total. The number of rotatable bonds is 4. The van der Waals surface area contributed by atoms with Gasteiger partial charge in [-0.25, -0.2) is 0 Å². The summed E-state index contributed by atoms with van der Waals surface area (Å²) in [5.74, 6) is 1.57. The van der Waals surface area contributed by atoms with E-state index < -0.39 is 0 Å². The van der Waals surface area contributed by atoms with Crippen LogP contribution < -0.4 is 10.5 Å². The van der Waals surface area contributed by atoms with Crippen LogP contribution >= 0.6 is 28.1 Å². The summed E-state index contributed by atoms with van der Waals surface area (Å²) in [4.78, 5) is 0.413. The van der Waals surface area contributed by atoms with Crippen LogP contribution in [0.2, 0.25) is 0 Å². The Morgan fingerprint density at radius 1 is 1.42 bits per heavy atom. The minimum Gasteiger partial charge on any atom is -0.489 e. The molecule has 0 aliphatic heterocycles. The molecular weight excluding hydrogens is 322 g/mol. The zero-order chi connectivity index (χ0) is 13.8. The lowest BCUT2D eigenvalue weighted by molar-refractivity contribution is 0.0896. The zero-order valence-corrected chi connectivity index (χ0v) is 13.6. The van der Waals surface area contributed by atoms with E-state index in [4.69, 9.17) is 22.7 Å². The first-order chi connectivity index (χ1) is 9.11. The lowest BCUT2D eigenvalue weighted by atomic mass is 9.85. The molecule has 0 heterocycles. The van der Waals surface area contributed by atoms with Gasteiger partial charge in [0.15, 0.2) is 0 Å². The van der Waals surface area contributed by atoms with E-state index in [1.54, 1.807) is 0 Å². The average molecular weight is 342 g/mol. The number of ether oxygens (including phenoxy) is 1. The van der Waals surface area contributed by atoms with E-state index in [1.807, 2.05) is 18.2 Å². The molecular formula is C15H20BrNOS. The highest BCUT2D eigenvalue weighted by molar-refractivity contribution is 9.10. The Bertz CT molecular complexity index is 463. The third kappa shape index (κ3) is 3.69. The van der Waals surface area contributed by atoms with E-state index in [-0.39, 0.29) is 0 Å². The molecule has 1 fully saturated rings. The molecule has 0 spiro atoms. The maximum atomic E-state index is 6.19. The van der Waals surface area contributed by atoms with Crippen LogP contribution in [0.1, 0.15) is 44.6 Å². The van der Waals surface area contributed by atoms with Gasteiger partial charge in [0.1, 0.15) is 16.8 Å². The first-order valence-electron chi connectivity index (χ1n) is 6.87. The van der Waals surface area contributed by atoms with Crippen LogP contribution in [0.4, 0.5) is 0 Å². The minimum atomic E-state index is 0.339. The highest BCUT2D eigenvalue weighted by Crippen LogP contribution is 2.33. The molecule has 1 saturated carbocycles. The van der Waals surface area contributed by atoms with E-state index in [0.29, 0.717) is 17.0 Å².